The van der Waals surface area contributed by atoms with Crippen molar-refractivity contribution in [1.29, 1.82) is 0 Å². The number of aromatic nitrogens is 4. The van der Waals surface area contributed by atoms with Crippen molar-refractivity contribution < 1.29 is 23.5 Å². The molecule has 0 spiro atoms. The van der Waals surface area contributed by atoms with E-state index in [4.69, 9.17) is 9.15 Å². The van der Waals surface area contributed by atoms with E-state index in [1.807, 2.05) is 47.5 Å². The second kappa shape index (κ2) is 13.0. The first-order chi connectivity index (χ1) is 21.7. The van der Waals surface area contributed by atoms with Gasteiger partial charge in [-0.25, -0.2) is 14.8 Å². The maximum absolute atomic E-state index is 14.0. The first-order valence-corrected chi connectivity index (χ1v) is 16.0. The molecule has 12 nitrogen and oxygen atoms in total. The Kier molecular flexibility index (Phi) is 9.24. The fourth-order valence-electron chi connectivity index (χ4n) is 5.30. The Morgan fingerprint density at radius 1 is 1.11 bits per heavy atom. The predicted molar refractivity (Wildman–Crippen MR) is 173 cm³/mol. The Balaban J connectivity index is 1.52. The molecular formula is C33H39N7O5S. The lowest BCUT2D eigenvalue weighted by atomic mass is 9.92. The highest BCUT2D eigenvalue weighted by Crippen LogP contribution is 2.36. The fraction of sp³-hybridized carbons (Fsp3) is 0.424. The number of pyridine rings is 1. The molecule has 1 aliphatic rings. The number of anilines is 1. The van der Waals surface area contributed by atoms with Crippen LogP contribution >= 0.6 is 11.3 Å². The van der Waals surface area contributed by atoms with Gasteiger partial charge in [-0.2, -0.15) is 0 Å². The van der Waals surface area contributed by atoms with Crippen LogP contribution < -0.4 is 10.2 Å². The van der Waals surface area contributed by atoms with Crippen molar-refractivity contribution in [3.63, 3.8) is 0 Å². The van der Waals surface area contributed by atoms with E-state index in [0.29, 0.717) is 18.5 Å². The van der Waals surface area contributed by atoms with E-state index in [-0.39, 0.29) is 41.1 Å². The molecule has 2 atom stereocenters. The molecule has 2 unspecified atom stereocenters. The number of rotatable bonds is 8. The number of thiazole rings is 1. The highest BCUT2D eigenvalue weighted by molar-refractivity contribution is 7.09. The highest BCUT2D eigenvalue weighted by atomic mass is 32.1. The number of nitrogens with one attached hydrogen (secondary N) is 1. The third-order valence-electron chi connectivity index (χ3n) is 7.60. The molecule has 5 rings (SSSR count). The van der Waals surface area contributed by atoms with Gasteiger partial charge < -0.3 is 24.3 Å². The summed E-state index contributed by atoms with van der Waals surface area (Å²) in [4.78, 5) is 51.8. The lowest BCUT2D eigenvalue weighted by Crippen LogP contribution is -2.47. The van der Waals surface area contributed by atoms with Crippen LogP contribution in [-0.4, -0.2) is 62.2 Å². The zero-order valence-corrected chi connectivity index (χ0v) is 28.0. The zero-order chi connectivity index (χ0) is 33.2. The summed E-state index contributed by atoms with van der Waals surface area (Å²) in [6, 6.07) is 12.6. The SMILES string of the molecule is CC(=O)N(C)c1cc(C(=O)N2CCCC2c2nc(C)cs2)cc(-c2nnc(C(C)(Cc3ccccc3)NC(=O)OC(C)(C)C)o2)n1. The van der Waals surface area contributed by atoms with Gasteiger partial charge in [-0.15, -0.1) is 21.5 Å². The Morgan fingerprint density at radius 2 is 1.85 bits per heavy atom. The zero-order valence-electron chi connectivity index (χ0n) is 27.2. The van der Waals surface area contributed by atoms with E-state index in [9.17, 15) is 14.4 Å². The van der Waals surface area contributed by atoms with Crippen LogP contribution in [0.15, 0.2) is 52.3 Å². The van der Waals surface area contributed by atoms with Crippen LogP contribution in [0, 0.1) is 6.92 Å². The lowest BCUT2D eigenvalue weighted by Gasteiger charge is -2.29. The molecule has 242 valence electrons. The van der Waals surface area contributed by atoms with Crippen LogP contribution in [0.2, 0.25) is 0 Å². The number of benzene rings is 1. The highest BCUT2D eigenvalue weighted by Gasteiger charge is 2.37. The van der Waals surface area contributed by atoms with Crippen LogP contribution in [0.3, 0.4) is 0 Å². The van der Waals surface area contributed by atoms with Crippen molar-refractivity contribution in [3.8, 4) is 11.6 Å². The third-order valence-corrected chi connectivity index (χ3v) is 8.67. The van der Waals surface area contributed by atoms with Gasteiger partial charge in [-0.1, -0.05) is 30.3 Å². The first-order valence-electron chi connectivity index (χ1n) is 15.1. The van der Waals surface area contributed by atoms with E-state index >= 15 is 0 Å². The van der Waals surface area contributed by atoms with Gasteiger partial charge in [-0.05, 0) is 65.2 Å². The topological polar surface area (TPSA) is 144 Å². The lowest BCUT2D eigenvalue weighted by molar-refractivity contribution is -0.116. The van der Waals surface area contributed by atoms with Gasteiger partial charge >= 0.3 is 6.09 Å². The summed E-state index contributed by atoms with van der Waals surface area (Å²) >= 11 is 1.55. The predicted octanol–water partition coefficient (Wildman–Crippen LogP) is 5.84. The molecule has 0 saturated carbocycles. The van der Waals surface area contributed by atoms with Crippen molar-refractivity contribution in [2.24, 2.45) is 0 Å². The number of aryl methyl sites for hydroxylation is 1. The number of hydrogen-bond acceptors (Lipinski definition) is 10. The molecule has 0 bridgehead atoms. The second-order valence-corrected chi connectivity index (χ2v) is 13.6. The molecular weight excluding hydrogens is 606 g/mol. The van der Waals surface area contributed by atoms with Crippen LogP contribution in [0.4, 0.5) is 10.6 Å². The Bertz CT molecular complexity index is 1730. The maximum atomic E-state index is 14.0. The molecule has 4 heterocycles. The Morgan fingerprint density at radius 3 is 2.50 bits per heavy atom. The number of carbonyl (C=O) groups excluding carboxylic acids is 3. The normalized spacial score (nSPS) is 16.2. The van der Waals surface area contributed by atoms with E-state index in [2.05, 4.69) is 25.5 Å². The summed E-state index contributed by atoms with van der Waals surface area (Å²) in [6.07, 6.45) is 1.35. The van der Waals surface area contributed by atoms with Crippen LogP contribution in [0.1, 0.15) is 86.0 Å². The van der Waals surface area contributed by atoms with Crippen LogP contribution in [-0.2, 0) is 21.5 Å². The molecule has 13 heteroatoms. The number of hydrogen-bond donors (Lipinski definition) is 1. The summed E-state index contributed by atoms with van der Waals surface area (Å²) in [5, 5.41) is 14.4. The van der Waals surface area contributed by atoms with Gasteiger partial charge in [0.05, 0.1) is 6.04 Å². The smallest absolute Gasteiger partial charge is 0.408 e. The van der Waals surface area contributed by atoms with E-state index in [1.165, 1.54) is 11.8 Å². The van der Waals surface area contributed by atoms with E-state index in [0.717, 1.165) is 29.1 Å². The standard InChI is InChI=1S/C33H39N7O5S/c1-20-19-46-28(34-20)25-14-11-15-40(25)29(42)23-16-24(35-26(17-23)39(7)21(2)41)27-37-38-30(44-27)33(6,18-22-12-9-8-10-13-22)36-31(43)45-32(3,4)5/h8-10,12-13,16-17,19,25H,11,14-15,18H2,1-7H3,(H,36,43). The minimum atomic E-state index is -1.16. The van der Waals surface area contributed by atoms with E-state index < -0.39 is 17.2 Å². The molecule has 3 amide bonds. The van der Waals surface area contributed by atoms with Crippen molar-refractivity contribution in [2.45, 2.75) is 78.0 Å². The number of alkyl carbamates (subject to hydrolysis) is 1. The molecule has 1 aromatic carbocycles. The minimum absolute atomic E-state index is 0.0293. The van der Waals surface area contributed by atoms with Crippen molar-refractivity contribution in [2.75, 3.05) is 18.5 Å². The number of nitrogens with zero attached hydrogens (tertiary/aromatic N) is 6. The molecule has 1 fully saturated rings. The van der Waals surface area contributed by atoms with Crippen LogP contribution in [0.5, 0.6) is 0 Å². The molecule has 1 aliphatic heterocycles. The molecule has 4 aromatic rings. The monoisotopic (exact) mass is 645 g/mol. The number of likely N-dealkylation sites (tertiary alicyclic amines) is 1. The largest absolute Gasteiger partial charge is 0.444 e. The fourth-order valence-corrected chi connectivity index (χ4v) is 6.24. The molecule has 0 aliphatic carbocycles. The summed E-state index contributed by atoms with van der Waals surface area (Å²) in [6.45, 7) is 11.1. The van der Waals surface area contributed by atoms with Crippen molar-refractivity contribution >= 4 is 35.1 Å². The van der Waals surface area contributed by atoms with Gasteiger partial charge in [0.15, 0.2) is 0 Å². The molecule has 3 aromatic heterocycles. The Labute approximate surface area is 272 Å². The molecule has 0 radical (unpaired) electrons. The average molecular weight is 646 g/mol. The maximum Gasteiger partial charge on any atom is 0.408 e. The van der Waals surface area contributed by atoms with Crippen LogP contribution in [0.25, 0.3) is 11.6 Å². The quantitative estimate of drug-likeness (QED) is 0.250. The summed E-state index contributed by atoms with van der Waals surface area (Å²) in [7, 11) is 1.58. The second-order valence-electron chi connectivity index (χ2n) is 12.7. The number of carbonyl (C=O) groups is 3. The third kappa shape index (κ3) is 7.41. The molecule has 1 saturated heterocycles. The van der Waals surface area contributed by atoms with Gasteiger partial charge in [-0.3, -0.25) is 9.59 Å². The van der Waals surface area contributed by atoms with Gasteiger partial charge in [0.1, 0.15) is 27.7 Å². The van der Waals surface area contributed by atoms with Gasteiger partial charge in [0, 0.05) is 43.6 Å². The number of amides is 3. The van der Waals surface area contributed by atoms with Crippen molar-refractivity contribution in [1.82, 2.24) is 30.4 Å². The first kappa shape index (κ1) is 32.7. The van der Waals surface area contributed by atoms with Gasteiger partial charge in [0.25, 0.3) is 11.8 Å². The Hall–Kier alpha value is -4.65. The summed E-state index contributed by atoms with van der Waals surface area (Å²) in [5.41, 5.74) is 0.507. The summed E-state index contributed by atoms with van der Waals surface area (Å²) in [5.74, 6) is -0.0634. The van der Waals surface area contributed by atoms with Crippen molar-refractivity contribution in [3.05, 3.63) is 75.6 Å². The molecule has 1 N–H and O–H groups in total. The minimum Gasteiger partial charge on any atom is -0.444 e. The number of ether oxygens (including phenoxy) is 1. The van der Waals surface area contributed by atoms with E-state index in [1.54, 1.807) is 58.2 Å². The average Bonchev–Trinajstić information content (AvgIpc) is 3.76. The van der Waals surface area contributed by atoms with Gasteiger partial charge in [0.2, 0.25) is 11.8 Å². The molecule has 46 heavy (non-hydrogen) atoms. The summed E-state index contributed by atoms with van der Waals surface area (Å²) < 4.78 is 11.7.